The summed E-state index contributed by atoms with van der Waals surface area (Å²) in [6.45, 7) is 8.16. The summed E-state index contributed by atoms with van der Waals surface area (Å²) < 4.78 is 5.96. The van der Waals surface area contributed by atoms with Crippen LogP contribution in [0.2, 0.25) is 0 Å². The van der Waals surface area contributed by atoms with Crippen LogP contribution in [0.1, 0.15) is 59.3 Å². The monoisotopic (exact) mass is 318 g/mol. The molecule has 2 rings (SSSR count). The maximum Gasteiger partial charge on any atom is 0.240 e. The third kappa shape index (κ3) is 4.57. The average Bonchev–Trinajstić information content (AvgIpc) is 2.83. The third-order valence-electron chi connectivity index (χ3n) is 4.77. The van der Waals surface area contributed by atoms with Crippen molar-refractivity contribution >= 4 is 18.3 Å². The molecule has 1 aliphatic heterocycles. The van der Waals surface area contributed by atoms with Crippen molar-refractivity contribution in [2.45, 2.75) is 70.9 Å². The normalized spacial score (nSPS) is 28.8. The van der Waals surface area contributed by atoms with Crippen molar-refractivity contribution in [1.82, 2.24) is 5.32 Å². The minimum absolute atomic E-state index is 0. The molecular formula is C16H31ClN2O2. The van der Waals surface area contributed by atoms with Gasteiger partial charge in [0, 0.05) is 19.1 Å². The van der Waals surface area contributed by atoms with Gasteiger partial charge in [0.2, 0.25) is 5.91 Å². The van der Waals surface area contributed by atoms with Gasteiger partial charge in [-0.1, -0.05) is 33.6 Å². The van der Waals surface area contributed by atoms with Crippen LogP contribution >= 0.6 is 12.4 Å². The van der Waals surface area contributed by atoms with Gasteiger partial charge in [-0.05, 0) is 31.1 Å². The van der Waals surface area contributed by atoms with Crippen molar-refractivity contribution in [3.05, 3.63) is 0 Å². The van der Waals surface area contributed by atoms with E-state index in [1.807, 2.05) is 0 Å². The molecule has 2 unspecified atom stereocenters. The highest BCUT2D eigenvalue weighted by molar-refractivity contribution is 5.86. The number of hydrogen-bond acceptors (Lipinski definition) is 3. The van der Waals surface area contributed by atoms with Crippen molar-refractivity contribution in [3.8, 4) is 0 Å². The molecule has 21 heavy (non-hydrogen) atoms. The lowest BCUT2D eigenvalue weighted by molar-refractivity contribution is -0.128. The van der Waals surface area contributed by atoms with E-state index >= 15 is 0 Å². The summed E-state index contributed by atoms with van der Waals surface area (Å²) >= 11 is 0. The van der Waals surface area contributed by atoms with Crippen LogP contribution in [0, 0.1) is 11.3 Å². The summed E-state index contributed by atoms with van der Waals surface area (Å²) in [4.78, 5) is 12.3. The van der Waals surface area contributed by atoms with Crippen LogP contribution in [0.3, 0.4) is 0 Å². The maximum atomic E-state index is 12.3. The van der Waals surface area contributed by atoms with E-state index in [-0.39, 0.29) is 29.8 Å². The first-order valence-electron chi connectivity index (χ1n) is 8.02. The lowest BCUT2D eigenvalue weighted by atomic mass is 9.78. The van der Waals surface area contributed by atoms with Gasteiger partial charge in [-0.15, -0.1) is 12.4 Å². The molecule has 3 N–H and O–H groups in total. The molecule has 1 saturated heterocycles. The Morgan fingerprint density at radius 2 is 1.90 bits per heavy atom. The number of rotatable bonds is 3. The molecule has 4 nitrogen and oxygen atoms in total. The SMILES string of the molecule is CC(C)(C)C1OCCCC1CNC(=O)C1(N)CCCC1.Cl. The Balaban J connectivity index is 0.00000220. The van der Waals surface area contributed by atoms with Gasteiger partial charge in [-0.25, -0.2) is 0 Å². The number of carbonyl (C=O) groups excluding carboxylic acids is 1. The highest BCUT2D eigenvalue weighted by Crippen LogP contribution is 2.34. The van der Waals surface area contributed by atoms with Gasteiger partial charge in [-0.2, -0.15) is 0 Å². The van der Waals surface area contributed by atoms with Crippen LogP contribution in [-0.4, -0.2) is 30.7 Å². The Morgan fingerprint density at radius 1 is 1.29 bits per heavy atom. The highest BCUT2D eigenvalue weighted by Gasteiger charge is 2.39. The fourth-order valence-electron chi connectivity index (χ4n) is 3.64. The van der Waals surface area contributed by atoms with E-state index in [4.69, 9.17) is 10.5 Å². The van der Waals surface area contributed by atoms with Crippen molar-refractivity contribution in [3.63, 3.8) is 0 Å². The van der Waals surface area contributed by atoms with Gasteiger partial charge in [0.15, 0.2) is 0 Å². The quantitative estimate of drug-likeness (QED) is 0.840. The minimum atomic E-state index is -0.618. The summed E-state index contributed by atoms with van der Waals surface area (Å²) in [6.07, 6.45) is 6.21. The molecule has 1 aliphatic carbocycles. The van der Waals surface area contributed by atoms with E-state index in [1.165, 1.54) is 0 Å². The summed E-state index contributed by atoms with van der Waals surface area (Å²) in [6, 6.07) is 0. The van der Waals surface area contributed by atoms with Crippen molar-refractivity contribution in [2.24, 2.45) is 17.1 Å². The summed E-state index contributed by atoms with van der Waals surface area (Å²) in [5.74, 6) is 0.436. The summed E-state index contributed by atoms with van der Waals surface area (Å²) in [5.41, 5.74) is 5.69. The van der Waals surface area contributed by atoms with Gasteiger partial charge in [0.25, 0.3) is 0 Å². The Morgan fingerprint density at radius 3 is 2.48 bits per heavy atom. The Hall–Kier alpha value is -0.320. The molecule has 2 atom stereocenters. The molecule has 2 fully saturated rings. The molecule has 1 amide bonds. The van der Waals surface area contributed by atoms with Crippen LogP contribution < -0.4 is 11.1 Å². The first-order valence-corrected chi connectivity index (χ1v) is 8.02. The fourth-order valence-corrected chi connectivity index (χ4v) is 3.64. The molecule has 0 bridgehead atoms. The van der Waals surface area contributed by atoms with Crippen LogP contribution in [0.5, 0.6) is 0 Å². The molecule has 0 aromatic carbocycles. The molecule has 124 valence electrons. The molecule has 0 spiro atoms. The van der Waals surface area contributed by atoms with Crippen molar-refractivity contribution < 1.29 is 9.53 Å². The topological polar surface area (TPSA) is 64.3 Å². The van der Waals surface area contributed by atoms with Crippen LogP contribution in [0.4, 0.5) is 0 Å². The van der Waals surface area contributed by atoms with Gasteiger partial charge in [0.1, 0.15) is 0 Å². The summed E-state index contributed by atoms with van der Waals surface area (Å²) in [5, 5.41) is 3.09. The smallest absolute Gasteiger partial charge is 0.240 e. The predicted molar refractivity (Wildman–Crippen MR) is 87.6 cm³/mol. The summed E-state index contributed by atoms with van der Waals surface area (Å²) in [7, 11) is 0. The third-order valence-corrected chi connectivity index (χ3v) is 4.77. The second-order valence-electron chi connectivity index (χ2n) is 7.63. The second kappa shape index (κ2) is 7.30. The maximum absolute atomic E-state index is 12.3. The number of hydrogen-bond donors (Lipinski definition) is 2. The molecule has 0 radical (unpaired) electrons. The van der Waals surface area contributed by atoms with E-state index in [0.717, 1.165) is 45.1 Å². The highest BCUT2D eigenvalue weighted by atomic mass is 35.5. The van der Waals surface area contributed by atoms with Crippen LogP contribution in [0.15, 0.2) is 0 Å². The lowest BCUT2D eigenvalue weighted by Gasteiger charge is -2.40. The number of nitrogens with one attached hydrogen (secondary N) is 1. The fraction of sp³-hybridized carbons (Fsp3) is 0.938. The van der Waals surface area contributed by atoms with Gasteiger partial charge >= 0.3 is 0 Å². The largest absolute Gasteiger partial charge is 0.377 e. The van der Waals surface area contributed by atoms with Crippen LogP contribution in [-0.2, 0) is 9.53 Å². The van der Waals surface area contributed by atoms with Crippen LogP contribution in [0.25, 0.3) is 0 Å². The van der Waals surface area contributed by atoms with E-state index < -0.39 is 5.54 Å². The zero-order valence-corrected chi connectivity index (χ0v) is 14.4. The van der Waals surface area contributed by atoms with E-state index in [1.54, 1.807) is 0 Å². The molecular weight excluding hydrogens is 288 g/mol. The predicted octanol–water partition coefficient (Wildman–Crippen LogP) is 2.64. The van der Waals surface area contributed by atoms with Gasteiger partial charge < -0.3 is 15.8 Å². The lowest BCUT2D eigenvalue weighted by Crippen LogP contribution is -2.54. The first kappa shape index (κ1) is 18.7. The Labute approximate surface area is 135 Å². The number of amides is 1. The molecule has 2 aliphatic rings. The van der Waals surface area contributed by atoms with Gasteiger partial charge in [-0.3, -0.25) is 4.79 Å². The molecule has 0 aromatic rings. The zero-order chi connectivity index (χ0) is 14.8. The Bertz CT molecular complexity index is 349. The Kier molecular flexibility index (Phi) is 6.51. The number of nitrogens with two attached hydrogens (primary N) is 1. The van der Waals surface area contributed by atoms with E-state index in [9.17, 15) is 4.79 Å². The van der Waals surface area contributed by atoms with E-state index in [0.29, 0.717) is 12.5 Å². The number of carbonyl (C=O) groups is 1. The molecule has 0 aromatic heterocycles. The zero-order valence-electron chi connectivity index (χ0n) is 13.6. The average molecular weight is 319 g/mol. The van der Waals surface area contributed by atoms with Crippen molar-refractivity contribution in [1.29, 1.82) is 0 Å². The molecule has 1 saturated carbocycles. The van der Waals surface area contributed by atoms with Gasteiger partial charge in [0.05, 0.1) is 11.6 Å². The minimum Gasteiger partial charge on any atom is -0.377 e. The second-order valence-corrected chi connectivity index (χ2v) is 7.63. The molecule has 1 heterocycles. The number of halogens is 1. The first-order chi connectivity index (χ1) is 9.33. The molecule has 5 heteroatoms. The standard InChI is InChI=1S/C16H30N2O2.ClH/c1-15(2,3)13-12(7-6-10-20-13)11-18-14(19)16(17)8-4-5-9-16;/h12-13H,4-11,17H2,1-3H3,(H,18,19);1H. The number of ether oxygens (including phenoxy) is 1. The van der Waals surface area contributed by atoms with Crippen molar-refractivity contribution in [2.75, 3.05) is 13.2 Å². The van der Waals surface area contributed by atoms with E-state index in [2.05, 4.69) is 26.1 Å².